The van der Waals surface area contributed by atoms with E-state index < -0.39 is 0 Å². The van der Waals surface area contributed by atoms with Crippen LogP contribution in [0.25, 0.3) is 0 Å². The molecule has 0 aliphatic carbocycles. The topological polar surface area (TPSA) is 33.0 Å². The maximum Gasteiger partial charge on any atom is 0.0911 e. The molecular weight excluding hydrogens is 150 g/mol. The van der Waals surface area contributed by atoms with Crippen molar-refractivity contribution in [3.63, 3.8) is 0 Å². The van der Waals surface area contributed by atoms with E-state index in [1.807, 2.05) is 0 Å². The molecule has 66 valence electrons. The molecule has 0 saturated carbocycles. The number of allylic oxidation sites excluding steroid dienone is 1. The van der Waals surface area contributed by atoms with Gasteiger partial charge in [0, 0.05) is 6.08 Å². The van der Waals surface area contributed by atoms with Crippen molar-refractivity contribution in [2.24, 2.45) is 0 Å². The zero-order valence-electron chi connectivity index (χ0n) is 7.76. The van der Waals surface area contributed by atoms with Crippen LogP contribution in [0, 0.1) is 11.3 Å². The van der Waals surface area contributed by atoms with Gasteiger partial charge in [0.2, 0.25) is 0 Å². The van der Waals surface area contributed by atoms with Crippen molar-refractivity contribution in [1.82, 2.24) is 0 Å². The second-order valence-corrected chi connectivity index (χ2v) is 3.51. The van der Waals surface area contributed by atoms with E-state index >= 15 is 0 Å². The van der Waals surface area contributed by atoms with Crippen LogP contribution in [-0.4, -0.2) is 12.2 Å². The van der Waals surface area contributed by atoms with Gasteiger partial charge in [-0.1, -0.05) is 12.5 Å². The summed E-state index contributed by atoms with van der Waals surface area (Å²) < 4.78 is 5.64. The van der Waals surface area contributed by atoms with Gasteiger partial charge in [-0.3, -0.25) is 0 Å². The number of nitriles is 1. The fraction of sp³-hybridized carbons (Fsp3) is 0.700. The van der Waals surface area contributed by atoms with E-state index in [1.54, 1.807) is 6.08 Å². The van der Waals surface area contributed by atoms with E-state index in [0.29, 0.717) is 0 Å². The highest BCUT2D eigenvalue weighted by molar-refractivity contribution is 5.17. The largest absolute Gasteiger partial charge is 0.375 e. The predicted molar refractivity (Wildman–Crippen MR) is 47.6 cm³/mol. The molecule has 0 radical (unpaired) electrons. The van der Waals surface area contributed by atoms with Gasteiger partial charge < -0.3 is 4.74 Å². The fourth-order valence-electron chi connectivity index (χ4n) is 1.49. The second-order valence-electron chi connectivity index (χ2n) is 3.51. The Morgan fingerprint density at radius 1 is 1.75 bits per heavy atom. The minimum atomic E-state index is -0.0269. The van der Waals surface area contributed by atoms with Gasteiger partial charge in [-0.15, -0.1) is 0 Å². The van der Waals surface area contributed by atoms with E-state index in [2.05, 4.69) is 19.9 Å². The van der Waals surface area contributed by atoms with E-state index in [4.69, 9.17) is 10.00 Å². The smallest absolute Gasteiger partial charge is 0.0911 e. The third-order valence-electron chi connectivity index (χ3n) is 2.49. The minimum Gasteiger partial charge on any atom is -0.375 e. The average molecular weight is 165 g/mol. The molecular formula is C10H15NO. The third kappa shape index (κ3) is 2.09. The van der Waals surface area contributed by atoms with Gasteiger partial charge in [0.05, 0.1) is 18.3 Å². The molecule has 2 nitrogen and oxygen atoms in total. The van der Waals surface area contributed by atoms with Crippen molar-refractivity contribution in [3.8, 4) is 6.07 Å². The molecule has 1 saturated heterocycles. The lowest BCUT2D eigenvalue weighted by atomic mass is 9.89. The number of hydrogen-bond donors (Lipinski definition) is 0. The molecule has 0 bridgehead atoms. The Hall–Kier alpha value is -0.810. The van der Waals surface area contributed by atoms with Gasteiger partial charge in [-0.25, -0.2) is 0 Å². The first-order valence-corrected chi connectivity index (χ1v) is 4.42. The van der Waals surface area contributed by atoms with E-state index in [9.17, 15) is 0 Å². The maximum absolute atomic E-state index is 8.49. The first-order chi connectivity index (χ1) is 5.70. The molecule has 0 N–H and O–H groups in total. The normalized spacial score (nSPS) is 33.2. The molecule has 12 heavy (non-hydrogen) atoms. The van der Waals surface area contributed by atoms with Crippen molar-refractivity contribution in [1.29, 1.82) is 5.26 Å². The summed E-state index contributed by atoms with van der Waals surface area (Å²) in [6.45, 7) is 4.99. The first-order valence-electron chi connectivity index (χ1n) is 4.42. The van der Waals surface area contributed by atoms with Crippen LogP contribution in [0.4, 0.5) is 0 Å². The SMILES string of the molecule is CCC1(C)CC(=CC#N)CCO1. The van der Waals surface area contributed by atoms with Crippen LogP contribution >= 0.6 is 0 Å². The maximum atomic E-state index is 8.49. The summed E-state index contributed by atoms with van der Waals surface area (Å²) in [5, 5.41) is 8.49. The van der Waals surface area contributed by atoms with E-state index in [-0.39, 0.29) is 5.60 Å². The molecule has 0 spiro atoms. The second kappa shape index (κ2) is 3.73. The summed E-state index contributed by atoms with van der Waals surface area (Å²) in [6, 6.07) is 2.08. The van der Waals surface area contributed by atoms with Crippen LogP contribution in [0.5, 0.6) is 0 Å². The third-order valence-corrected chi connectivity index (χ3v) is 2.49. The predicted octanol–water partition coefficient (Wildman–Crippen LogP) is 2.42. The van der Waals surface area contributed by atoms with Crippen LogP contribution in [0.15, 0.2) is 11.6 Å². The molecule has 1 unspecified atom stereocenters. The lowest BCUT2D eigenvalue weighted by Gasteiger charge is -2.34. The molecule has 1 atom stereocenters. The molecule has 0 aromatic rings. The molecule has 2 heteroatoms. The van der Waals surface area contributed by atoms with Crippen LogP contribution < -0.4 is 0 Å². The molecule has 1 rings (SSSR count). The highest BCUT2D eigenvalue weighted by Crippen LogP contribution is 2.30. The highest BCUT2D eigenvalue weighted by atomic mass is 16.5. The Bertz CT molecular complexity index is 226. The lowest BCUT2D eigenvalue weighted by molar-refractivity contribution is -0.0497. The number of nitrogens with zero attached hydrogens (tertiary/aromatic N) is 1. The Labute approximate surface area is 73.8 Å². The van der Waals surface area contributed by atoms with Gasteiger partial charge in [0.15, 0.2) is 0 Å². The summed E-state index contributed by atoms with van der Waals surface area (Å²) in [7, 11) is 0. The first kappa shape index (κ1) is 9.28. The Balaban J connectivity index is 2.64. The van der Waals surface area contributed by atoms with Gasteiger partial charge in [-0.2, -0.15) is 5.26 Å². The quantitative estimate of drug-likeness (QED) is 0.559. The van der Waals surface area contributed by atoms with Crippen LogP contribution in [0.1, 0.15) is 33.1 Å². The molecule has 1 aliphatic rings. The van der Waals surface area contributed by atoms with Crippen molar-refractivity contribution in [2.45, 2.75) is 38.7 Å². The Morgan fingerprint density at radius 2 is 2.50 bits per heavy atom. The number of ether oxygens (including phenoxy) is 1. The summed E-state index contributed by atoms with van der Waals surface area (Å²) in [5.74, 6) is 0. The Morgan fingerprint density at radius 3 is 3.08 bits per heavy atom. The van der Waals surface area contributed by atoms with Crippen LogP contribution in [0.3, 0.4) is 0 Å². The molecule has 1 fully saturated rings. The zero-order chi connectivity index (χ0) is 9.03. The molecule has 1 heterocycles. The monoisotopic (exact) mass is 165 g/mol. The average Bonchev–Trinajstić information content (AvgIpc) is 2.05. The number of hydrogen-bond acceptors (Lipinski definition) is 2. The van der Waals surface area contributed by atoms with E-state index in [0.717, 1.165) is 25.9 Å². The van der Waals surface area contributed by atoms with Crippen molar-refractivity contribution in [3.05, 3.63) is 11.6 Å². The van der Waals surface area contributed by atoms with Crippen LogP contribution in [0.2, 0.25) is 0 Å². The minimum absolute atomic E-state index is 0.0269. The summed E-state index contributed by atoms with van der Waals surface area (Å²) >= 11 is 0. The fourth-order valence-corrected chi connectivity index (χ4v) is 1.49. The summed E-state index contributed by atoms with van der Waals surface area (Å²) in [6.07, 6.45) is 4.51. The van der Waals surface area contributed by atoms with Crippen molar-refractivity contribution < 1.29 is 4.74 Å². The zero-order valence-corrected chi connectivity index (χ0v) is 7.76. The number of rotatable bonds is 1. The van der Waals surface area contributed by atoms with Crippen molar-refractivity contribution >= 4 is 0 Å². The Kier molecular flexibility index (Phi) is 2.88. The van der Waals surface area contributed by atoms with Gasteiger partial charge >= 0.3 is 0 Å². The van der Waals surface area contributed by atoms with Crippen LogP contribution in [-0.2, 0) is 4.74 Å². The molecule has 0 aromatic heterocycles. The van der Waals surface area contributed by atoms with E-state index in [1.165, 1.54) is 5.57 Å². The standard InChI is InChI=1S/C10H15NO/c1-3-10(2)8-9(4-6-11)5-7-12-10/h4H,3,5,7-8H2,1-2H3. The molecule has 1 aliphatic heterocycles. The summed E-state index contributed by atoms with van der Waals surface area (Å²) in [4.78, 5) is 0. The van der Waals surface area contributed by atoms with Gasteiger partial charge in [0.1, 0.15) is 0 Å². The van der Waals surface area contributed by atoms with Gasteiger partial charge in [0.25, 0.3) is 0 Å². The highest BCUT2D eigenvalue weighted by Gasteiger charge is 2.27. The molecule has 0 aromatic carbocycles. The summed E-state index contributed by atoms with van der Waals surface area (Å²) in [5.41, 5.74) is 1.20. The molecule has 0 amide bonds. The van der Waals surface area contributed by atoms with Crippen molar-refractivity contribution in [2.75, 3.05) is 6.61 Å². The van der Waals surface area contributed by atoms with Gasteiger partial charge in [-0.05, 0) is 26.2 Å². The lowest BCUT2D eigenvalue weighted by Crippen LogP contribution is -2.32.